The number of esters is 2. The summed E-state index contributed by atoms with van der Waals surface area (Å²) in [6.07, 6.45) is 25.0. The second-order valence-electron chi connectivity index (χ2n) is 11.1. The molecule has 3 N–H and O–H groups in total. The molecule has 0 spiro atoms. The van der Waals surface area contributed by atoms with Gasteiger partial charge in [-0.25, -0.2) is 0 Å². The molecule has 0 fully saturated rings. The van der Waals surface area contributed by atoms with Crippen LogP contribution in [0, 0.1) is 0 Å². The molecule has 0 bridgehead atoms. The number of nitrogens with one attached hydrogen (secondary N) is 1. The molecule has 0 aromatic rings. The first-order valence-electron chi connectivity index (χ1n) is 16.4. The van der Waals surface area contributed by atoms with Gasteiger partial charge in [0, 0.05) is 12.8 Å². The highest BCUT2D eigenvalue weighted by atomic mass is 16.6. The summed E-state index contributed by atoms with van der Waals surface area (Å²) in [7, 11) is 0. The summed E-state index contributed by atoms with van der Waals surface area (Å²) >= 11 is 0. The third kappa shape index (κ3) is 29.6. The van der Waals surface area contributed by atoms with Crippen LogP contribution in [0.2, 0.25) is 0 Å². The fourth-order valence-corrected chi connectivity index (χ4v) is 4.67. The molecular weight excluding hydrogens is 494 g/mol. The van der Waals surface area contributed by atoms with Gasteiger partial charge in [-0.05, 0) is 12.8 Å². The standard InChI is InChI=1S/C32H63NO6/c1-3-5-7-9-11-13-15-17-19-21-23-25-31(36)38-27-29(34)33-30(35)28-39-32(37)26-24-22-20-18-16-14-12-10-8-6-4-2/h29-30,33-35H,3-28H2,1-2H3. The molecule has 0 saturated heterocycles. The minimum atomic E-state index is -1.22. The number of carbonyl (C=O) groups is 2. The Morgan fingerprint density at radius 2 is 0.744 bits per heavy atom. The second-order valence-corrected chi connectivity index (χ2v) is 11.1. The van der Waals surface area contributed by atoms with Gasteiger partial charge < -0.3 is 19.7 Å². The van der Waals surface area contributed by atoms with Crippen molar-refractivity contribution in [2.24, 2.45) is 0 Å². The zero-order valence-electron chi connectivity index (χ0n) is 25.6. The molecular formula is C32H63NO6. The van der Waals surface area contributed by atoms with E-state index in [9.17, 15) is 19.8 Å². The van der Waals surface area contributed by atoms with Crippen LogP contribution in [0.1, 0.15) is 168 Å². The van der Waals surface area contributed by atoms with Crippen molar-refractivity contribution in [3.8, 4) is 0 Å². The molecule has 7 heteroatoms. The van der Waals surface area contributed by atoms with Crippen LogP contribution in [0.5, 0.6) is 0 Å². The number of hydrogen-bond donors (Lipinski definition) is 3. The largest absolute Gasteiger partial charge is 0.461 e. The zero-order valence-corrected chi connectivity index (χ0v) is 25.6. The van der Waals surface area contributed by atoms with Crippen molar-refractivity contribution in [3.63, 3.8) is 0 Å². The first-order valence-corrected chi connectivity index (χ1v) is 16.4. The molecule has 7 nitrogen and oxygen atoms in total. The molecule has 2 atom stereocenters. The number of aliphatic hydroxyl groups is 2. The van der Waals surface area contributed by atoms with E-state index in [2.05, 4.69) is 19.2 Å². The second kappa shape index (κ2) is 29.8. The Balaban J connectivity index is 3.53. The lowest BCUT2D eigenvalue weighted by Crippen LogP contribution is -2.44. The fourth-order valence-electron chi connectivity index (χ4n) is 4.67. The van der Waals surface area contributed by atoms with Crippen LogP contribution in [-0.2, 0) is 19.1 Å². The molecule has 0 aliphatic carbocycles. The number of ether oxygens (including phenoxy) is 2. The number of unbranched alkanes of at least 4 members (excludes halogenated alkanes) is 20. The van der Waals surface area contributed by atoms with E-state index in [1.165, 1.54) is 103 Å². The normalized spacial score (nSPS) is 12.8. The van der Waals surface area contributed by atoms with Gasteiger partial charge in [-0.2, -0.15) is 0 Å². The summed E-state index contributed by atoms with van der Waals surface area (Å²) in [5.41, 5.74) is 0. The maximum Gasteiger partial charge on any atom is 0.305 e. The Labute approximate surface area is 240 Å². The number of hydrogen-bond acceptors (Lipinski definition) is 7. The average molecular weight is 558 g/mol. The molecule has 0 aromatic carbocycles. The van der Waals surface area contributed by atoms with Gasteiger partial charge in [0.25, 0.3) is 0 Å². The van der Waals surface area contributed by atoms with Crippen LogP contribution < -0.4 is 5.32 Å². The van der Waals surface area contributed by atoms with Crippen LogP contribution in [0.3, 0.4) is 0 Å². The Bertz CT molecular complexity index is 499. The third-order valence-corrected chi connectivity index (χ3v) is 7.16. The first kappa shape index (κ1) is 37.8. The molecule has 0 aliphatic heterocycles. The third-order valence-electron chi connectivity index (χ3n) is 7.16. The maximum atomic E-state index is 11.9. The van der Waals surface area contributed by atoms with Gasteiger partial charge in [0.1, 0.15) is 25.7 Å². The van der Waals surface area contributed by atoms with Gasteiger partial charge in [0.2, 0.25) is 0 Å². The summed E-state index contributed by atoms with van der Waals surface area (Å²) in [6.45, 7) is 3.98. The van der Waals surface area contributed by atoms with Gasteiger partial charge in [0.05, 0.1) is 0 Å². The van der Waals surface area contributed by atoms with Gasteiger partial charge in [-0.1, -0.05) is 142 Å². The lowest BCUT2D eigenvalue weighted by atomic mass is 10.1. The van der Waals surface area contributed by atoms with E-state index in [0.717, 1.165) is 38.5 Å². The SMILES string of the molecule is CCCCCCCCCCCCCC(=O)OCC(O)NC(O)COC(=O)CCCCCCCCCCCCC. The van der Waals surface area contributed by atoms with Crippen molar-refractivity contribution in [1.82, 2.24) is 5.32 Å². The van der Waals surface area contributed by atoms with Crippen LogP contribution >= 0.6 is 0 Å². The lowest BCUT2D eigenvalue weighted by Gasteiger charge is -2.18. The van der Waals surface area contributed by atoms with Crippen LogP contribution in [-0.4, -0.2) is 47.8 Å². The van der Waals surface area contributed by atoms with Gasteiger partial charge >= 0.3 is 11.9 Å². The van der Waals surface area contributed by atoms with Crippen molar-refractivity contribution in [2.45, 2.75) is 180 Å². The van der Waals surface area contributed by atoms with Gasteiger partial charge in [-0.3, -0.25) is 14.9 Å². The van der Waals surface area contributed by atoms with Crippen LogP contribution in [0.15, 0.2) is 0 Å². The Kier molecular flexibility index (Phi) is 28.9. The quantitative estimate of drug-likeness (QED) is 0.0472. The summed E-state index contributed by atoms with van der Waals surface area (Å²) in [6, 6.07) is 0. The Morgan fingerprint density at radius 3 is 1.03 bits per heavy atom. The van der Waals surface area contributed by atoms with E-state index in [1.807, 2.05) is 0 Å². The van der Waals surface area contributed by atoms with Crippen LogP contribution in [0.25, 0.3) is 0 Å². The van der Waals surface area contributed by atoms with E-state index in [1.54, 1.807) is 0 Å². The molecule has 2 unspecified atom stereocenters. The van der Waals surface area contributed by atoms with E-state index < -0.39 is 12.5 Å². The number of aliphatic hydroxyl groups excluding tert-OH is 2. The minimum absolute atomic E-state index is 0.249. The van der Waals surface area contributed by atoms with Crippen molar-refractivity contribution in [3.05, 3.63) is 0 Å². The lowest BCUT2D eigenvalue weighted by molar-refractivity contribution is -0.151. The Morgan fingerprint density at radius 1 is 0.487 bits per heavy atom. The minimum Gasteiger partial charge on any atom is -0.461 e. The molecule has 39 heavy (non-hydrogen) atoms. The predicted octanol–water partition coefficient (Wildman–Crippen LogP) is 7.70. The summed E-state index contributed by atoms with van der Waals surface area (Å²) in [5.74, 6) is -0.695. The van der Waals surface area contributed by atoms with Crippen molar-refractivity contribution in [2.75, 3.05) is 13.2 Å². The van der Waals surface area contributed by atoms with Crippen molar-refractivity contribution in [1.29, 1.82) is 0 Å². The zero-order chi connectivity index (χ0) is 28.8. The van der Waals surface area contributed by atoms with Crippen molar-refractivity contribution >= 4 is 11.9 Å². The van der Waals surface area contributed by atoms with Crippen molar-refractivity contribution < 1.29 is 29.3 Å². The molecule has 0 heterocycles. The van der Waals surface area contributed by atoms with E-state index in [0.29, 0.717) is 12.8 Å². The highest BCUT2D eigenvalue weighted by molar-refractivity contribution is 5.69. The number of rotatable bonds is 30. The first-order chi connectivity index (χ1) is 19.0. The molecule has 0 aliphatic rings. The van der Waals surface area contributed by atoms with Gasteiger partial charge in [0.15, 0.2) is 0 Å². The van der Waals surface area contributed by atoms with E-state index in [4.69, 9.17) is 9.47 Å². The summed E-state index contributed by atoms with van der Waals surface area (Å²) in [4.78, 5) is 23.7. The van der Waals surface area contributed by atoms with E-state index in [-0.39, 0.29) is 25.2 Å². The molecule has 0 rings (SSSR count). The highest BCUT2D eigenvalue weighted by Gasteiger charge is 2.14. The molecule has 0 amide bonds. The maximum absolute atomic E-state index is 11.9. The predicted molar refractivity (Wildman–Crippen MR) is 159 cm³/mol. The molecule has 0 aromatic heterocycles. The Hall–Kier alpha value is -1.18. The average Bonchev–Trinajstić information content (AvgIpc) is 2.92. The molecule has 232 valence electrons. The monoisotopic (exact) mass is 557 g/mol. The van der Waals surface area contributed by atoms with E-state index >= 15 is 0 Å². The number of carbonyl (C=O) groups excluding carboxylic acids is 2. The summed E-state index contributed by atoms with van der Waals surface area (Å²) < 4.78 is 10.1. The molecule has 0 radical (unpaired) electrons. The summed E-state index contributed by atoms with van der Waals surface area (Å²) in [5, 5.41) is 22.3. The topological polar surface area (TPSA) is 105 Å². The highest BCUT2D eigenvalue weighted by Crippen LogP contribution is 2.13. The smallest absolute Gasteiger partial charge is 0.305 e. The fraction of sp³-hybridized carbons (Fsp3) is 0.938. The van der Waals surface area contributed by atoms with Crippen LogP contribution in [0.4, 0.5) is 0 Å². The van der Waals surface area contributed by atoms with Gasteiger partial charge in [-0.15, -0.1) is 0 Å². The molecule has 0 saturated carbocycles.